The molecule has 0 bridgehead atoms. The summed E-state index contributed by atoms with van der Waals surface area (Å²) < 4.78 is 44.0. The average Bonchev–Trinajstić information content (AvgIpc) is 3.02. The second kappa shape index (κ2) is 11.3. The highest BCUT2D eigenvalue weighted by Crippen LogP contribution is 2.36. The van der Waals surface area contributed by atoms with E-state index in [-0.39, 0.29) is 22.7 Å². The molecule has 2 saturated heterocycles. The summed E-state index contributed by atoms with van der Waals surface area (Å²) in [5.74, 6) is -0.867. The Morgan fingerprint density at radius 1 is 1.13 bits per heavy atom. The molecule has 1 aromatic heterocycles. The summed E-state index contributed by atoms with van der Waals surface area (Å²) in [6.45, 7) is 17.0. The first-order valence-electron chi connectivity index (χ1n) is 13.5. The first kappa shape index (κ1) is 31.3. The maximum absolute atomic E-state index is 13.6. The second-order valence-corrected chi connectivity index (χ2v) is 14.6. The van der Waals surface area contributed by atoms with Crippen LogP contribution in [-0.2, 0) is 28.7 Å². The van der Waals surface area contributed by atoms with E-state index in [1.807, 2.05) is 41.5 Å². The molecule has 0 radical (unpaired) electrons. The van der Waals surface area contributed by atoms with E-state index in [0.29, 0.717) is 18.4 Å². The number of nitrogens with one attached hydrogen (secondary N) is 1. The van der Waals surface area contributed by atoms with E-state index in [1.165, 1.54) is 12.4 Å². The van der Waals surface area contributed by atoms with Crippen molar-refractivity contribution >= 4 is 34.4 Å². The van der Waals surface area contributed by atoms with Crippen molar-refractivity contribution in [1.82, 2.24) is 20.2 Å². The third kappa shape index (κ3) is 7.49. The number of piperidine rings is 1. The molecule has 218 valence electrons. The number of carbonyl (C=O) groups excluding carboxylic acids is 2. The van der Waals surface area contributed by atoms with Gasteiger partial charge in [-0.25, -0.2) is 23.2 Å². The minimum absolute atomic E-state index is 0.227. The number of hydrogen-bond donors (Lipinski definition) is 1. The Labute approximate surface area is 232 Å². The summed E-state index contributed by atoms with van der Waals surface area (Å²) in [4.78, 5) is 35.8. The molecule has 2 amide bonds. The number of rotatable bonds is 7. The lowest BCUT2D eigenvalue weighted by Gasteiger charge is -2.38. The minimum atomic E-state index is -3.92. The molecule has 1 aromatic rings. The standard InChI is InChI=1S/C26H43BN4O7S/c1-17(2)20(30-23(33)36-24(3,4)5)21(32)31-13-11-10-12-19(31)16-39(34,35)22-28-14-18(15-29-22)27-37-25(6,7)26(8,9)38-27/h14-15,17,19-20H,10-13,16H2,1-9H3,(H,30,33)/t19-,20+/m1/s1. The Bertz CT molecular complexity index is 1130. The highest BCUT2D eigenvalue weighted by Gasteiger charge is 2.52. The quantitative estimate of drug-likeness (QED) is 0.390. The van der Waals surface area contributed by atoms with Crippen molar-refractivity contribution in [2.45, 2.75) is 116 Å². The Kier molecular flexibility index (Phi) is 9.08. The molecule has 0 saturated carbocycles. The van der Waals surface area contributed by atoms with Crippen LogP contribution < -0.4 is 10.8 Å². The van der Waals surface area contributed by atoms with Crippen molar-refractivity contribution in [2.75, 3.05) is 12.3 Å². The number of alkyl carbamates (subject to hydrolysis) is 1. The maximum atomic E-state index is 13.6. The SMILES string of the molecule is CC(C)[C@H](NC(=O)OC(C)(C)C)C(=O)N1CCCC[C@@H]1CS(=O)(=O)c1ncc(B2OC(C)(C)C(C)(C)O2)cn1. The molecule has 0 spiro atoms. The van der Waals surface area contributed by atoms with Gasteiger partial charge in [-0.2, -0.15) is 0 Å². The number of nitrogens with zero attached hydrogens (tertiary/aromatic N) is 3. The topological polar surface area (TPSA) is 137 Å². The Balaban J connectivity index is 1.74. The smallest absolute Gasteiger partial charge is 0.444 e. The number of aromatic nitrogens is 2. The van der Waals surface area contributed by atoms with Crippen molar-refractivity contribution in [1.29, 1.82) is 0 Å². The van der Waals surface area contributed by atoms with Gasteiger partial charge in [-0.15, -0.1) is 0 Å². The molecule has 39 heavy (non-hydrogen) atoms. The van der Waals surface area contributed by atoms with Gasteiger partial charge in [-0.1, -0.05) is 13.8 Å². The predicted octanol–water partition coefficient (Wildman–Crippen LogP) is 2.48. The number of sulfone groups is 1. The molecule has 0 aliphatic carbocycles. The third-order valence-corrected chi connectivity index (χ3v) is 8.97. The van der Waals surface area contributed by atoms with E-state index >= 15 is 0 Å². The van der Waals surface area contributed by atoms with Crippen LogP contribution >= 0.6 is 0 Å². The number of carbonyl (C=O) groups is 2. The zero-order chi connectivity index (χ0) is 29.4. The molecule has 2 aliphatic rings. The van der Waals surface area contributed by atoms with Crippen LogP contribution in [0.2, 0.25) is 0 Å². The van der Waals surface area contributed by atoms with Crippen molar-refractivity contribution in [3.05, 3.63) is 12.4 Å². The van der Waals surface area contributed by atoms with Gasteiger partial charge < -0.3 is 24.3 Å². The molecule has 1 N–H and O–H groups in total. The molecule has 0 aromatic carbocycles. The highest BCUT2D eigenvalue weighted by atomic mass is 32.2. The van der Waals surface area contributed by atoms with E-state index in [9.17, 15) is 18.0 Å². The zero-order valence-corrected chi connectivity index (χ0v) is 25.4. The third-order valence-electron chi connectivity index (χ3n) is 7.38. The Hall–Kier alpha value is -2.25. The number of ether oxygens (including phenoxy) is 1. The van der Waals surface area contributed by atoms with Crippen LogP contribution in [0.5, 0.6) is 0 Å². The summed E-state index contributed by atoms with van der Waals surface area (Å²) in [6, 6.07) is -1.41. The van der Waals surface area contributed by atoms with E-state index in [4.69, 9.17) is 14.0 Å². The van der Waals surface area contributed by atoms with Gasteiger partial charge in [-0.05, 0) is 73.6 Å². The molecule has 2 aliphatic heterocycles. The zero-order valence-electron chi connectivity index (χ0n) is 24.6. The predicted molar refractivity (Wildman–Crippen MR) is 147 cm³/mol. The van der Waals surface area contributed by atoms with Crippen LogP contribution in [0.3, 0.4) is 0 Å². The summed E-state index contributed by atoms with van der Waals surface area (Å²) in [5, 5.41) is 2.37. The van der Waals surface area contributed by atoms with Gasteiger partial charge in [0.05, 0.1) is 17.0 Å². The fraction of sp³-hybridized carbons (Fsp3) is 0.769. The number of amides is 2. The normalized spacial score (nSPS) is 22.1. The summed E-state index contributed by atoms with van der Waals surface area (Å²) in [6.07, 6.45) is 4.19. The average molecular weight is 567 g/mol. The monoisotopic (exact) mass is 566 g/mol. The van der Waals surface area contributed by atoms with Crippen LogP contribution in [0.25, 0.3) is 0 Å². The number of hydrogen-bond acceptors (Lipinski definition) is 9. The first-order valence-corrected chi connectivity index (χ1v) is 15.2. The van der Waals surface area contributed by atoms with Gasteiger partial charge in [-0.3, -0.25) is 4.79 Å². The molecule has 3 heterocycles. The lowest BCUT2D eigenvalue weighted by Crippen LogP contribution is -2.57. The largest absolute Gasteiger partial charge is 0.498 e. The highest BCUT2D eigenvalue weighted by molar-refractivity contribution is 7.91. The van der Waals surface area contributed by atoms with Crippen molar-refractivity contribution in [3.63, 3.8) is 0 Å². The fourth-order valence-corrected chi connectivity index (χ4v) is 5.93. The molecular weight excluding hydrogens is 523 g/mol. The van der Waals surface area contributed by atoms with Gasteiger partial charge in [0.2, 0.25) is 20.9 Å². The second-order valence-electron chi connectivity index (χ2n) is 12.7. The van der Waals surface area contributed by atoms with Gasteiger partial charge in [0.1, 0.15) is 11.6 Å². The van der Waals surface area contributed by atoms with Gasteiger partial charge >= 0.3 is 13.2 Å². The van der Waals surface area contributed by atoms with Crippen molar-refractivity contribution in [2.24, 2.45) is 5.92 Å². The van der Waals surface area contributed by atoms with E-state index in [1.54, 1.807) is 25.7 Å². The molecule has 2 fully saturated rings. The Morgan fingerprint density at radius 2 is 1.69 bits per heavy atom. The van der Waals surface area contributed by atoms with Crippen molar-refractivity contribution < 1.29 is 32.1 Å². The number of likely N-dealkylation sites (tertiary alicyclic amines) is 1. The maximum Gasteiger partial charge on any atom is 0.498 e. The summed E-state index contributed by atoms with van der Waals surface area (Å²) in [7, 11) is -4.62. The van der Waals surface area contributed by atoms with Gasteiger partial charge in [0, 0.05) is 30.4 Å². The van der Waals surface area contributed by atoms with Gasteiger partial charge in [0.25, 0.3) is 0 Å². The van der Waals surface area contributed by atoms with E-state index < -0.39 is 51.9 Å². The first-order chi connectivity index (χ1) is 17.8. The summed E-state index contributed by atoms with van der Waals surface area (Å²) in [5.41, 5.74) is -1.29. The van der Waals surface area contributed by atoms with Gasteiger partial charge in [0.15, 0.2) is 0 Å². The Morgan fingerprint density at radius 3 is 2.21 bits per heavy atom. The molecule has 2 atom stereocenters. The van der Waals surface area contributed by atoms with E-state index in [2.05, 4.69) is 15.3 Å². The van der Waals surface area contributed by atoms with Crippen LogP contribution in [-0.4, -0.2) is 83.6 Å². The van der Waals surface area contributed by atoms with Crippen LogP contribution in [0, 0.1) is 5.92 Å². The molecule has 11 nitrogen and oxygen atoms in total. The minimum Gasteiger partial charge on any atom is -0.444 e. The molecule has 3 rings (SSSR count). The molecule has 0 unspecified atom stereocenters. The lowest BCUT2D eigenvalue weighted by molar-refractivity contribution is -0.137. The van der Waals surface area contributed by atoms with Crippen LogP contribution in [0.4, 0.5) is 4.79 Å². The van der Waals surface area contributed by atoms with Crippen molar-refractivity contribution in [3.8, 4) is 0 Å². The van der Waals surface area contributed by atoms with E-state index in [0.717, 1.165) is 12.8 Å². The van der Waals surface area contributed by atoms with Crippen LogP contribution in [0.1, 0.15) is 81.6 Å². The molecular formula is C26H43BN4O7S. The fourth-order valence-electron chi connectivity index (χ4n) is 4.51. The van der Waals surface area contributed by atoms with Crippen LogP contribution in [0.15, 0.2) is 17.6 Å². The molecule has 13 heteroatoms. The summed E-state index contributed by atoms with van der Waals surface area (Å²) >= 11 is 0. The lowest BCUT2D eigenvalue weighted by atomic mass is 9.81.